The van der Waals surface area contributed by atoms with Gasteiger partial charge in [0.15, 0.2) is 0 Å². The van der Waals surface area contributed by atoms with Gasteiger partial charge in [-0.25, -0.2) is 0 Å². The summed E-state index contributed by atoms with van der Waals surface area (Å²) in [6, 6.07) is -0.311. The highest BCUT2D eigenvalue weighted by Gasteiger charge is 2.21. The molecule has 88 valence electrons. The number of carbonyl (C=O) groups excluding carboxylic acids is 2. The van der Waals surface area contributed by atoms with E-state index in [0.29, 0.717) is 13.1 Å². The van der Waals surface area contributed by atoms with Crippen molar-refractivity contribution in [3.8, 4) is 0 Å². The molecule has 0 spiro atoms. The van der Waals surface area contributed by atoms with Gasteiger partial charge in [0.25, 0.3) is 0 Å². The number of nitrogens with zero attached hydrogens (tertiary/aromatic N) is 1. The van der Waals surface area contributed by atoms with E-state index in [4.69, 9.17) is 0 Å². The molecule has 1 N–H and O–H groups in total. The zero-order valence-corrected chi connectivity index (χ0v) is 9.87. The molecule has 1 unspecified atom stereocenters. The zero-order chi connectivity index (χ0) is 11.8. The number of hydrogen-bond acceptors (Lipinski definition) is 4. The third kappa shape index (κ3) is 4.78. The van der Waals surface area contributed by atoms with Crippen LogP contribution < -0.4 is 5.32 Å². The Morgan fingerprint density at radius 1 is 1.40 bits per heavy atom. The van der Waals surface area contributed by atoms with Crippen molar-refractivity contribution in [1.29, 1.82) is 0 Å². The number of amides is 1. The molecule has 1 amide bonds. The number of methoxy groups -OCH3 is 1. The largest absolute Gasteiger partial charge is 0.468 e. The first kappa shape index (κ1) is 13.9. The van der Waals surface area contributed by atoms with Crippen LogP contribution in [-0.2, 0) is 14.3 Å². The SMILES string of the molecule is CCNC(=O)C(C)N(CC)CC(=O)OC. The van der Waals surface area contributed by atoms with Crippen molar-refractivity contribution in [1.82, 2.24) is 10.2 Å². The molecule has 0 aromatic rings. The Morgan fingerprint density at radius 3 is 2.40 bits per heavy atom. The molecule has 0 aromatic carbocycles. The maximum Gasteiger partial charge on any atom is 0.319 e. The molecule has 5 nitrogen and oxygen atoms in total. The summed E-state index contributed by atoms with van der Waals surface area (Å²) in [6.07, 6.45) is 0. The summed E-state index contributed by atoms with van der Waals surface area (Å²) in [7, 11) is 1.34. The monoisotopic (exact) mass is 216 g/mol. The van der Waals surface area contributed by atoms with Crippen molar-refractivity contribution >= 4 is 11.9 Å². The summed E-state index contributed by atoms with van der Waals surface area (Å²) in [5.74, 6) is -0.392. The number of hydrogen-bond donors (Lipinski definition) is 1. The second-order valence-electron chi connectivity index (χ2n) is 3.21. The molecule has 0 saturated carbocycles. The lowest BCUT2D eigenvalue weighted by Crippen LogP contribution is -2.47. The molecular weight excluding hydrogens is 196 g/mol. The highest BCUT2D eigenvalue weighted by atomic mass is 16.5. The molecule has 0 aromatic heterocycles. The number of esters is 1. The first-order chi connectivity index (χ1) is 7.06. The number of likely N-dealkylation sites (N-methyl/N-ethyl adjacent to an activating group) is 2. The molecule has 0 bridgehead atoms. The van der Waals surface area contributed by atoms with Gasteiger partial charge in [0.05, 0.1) is 19.7 Å². The van der Waals surface area contributed by atoms with E-state index in [-0.39, 0.29) is 24.5 Å². The molecule has 0 aliphatic heterocycles. The van der Waals surface area contributed by atoms with Crippen LogP contribution in [0.1, 0.15) is 20.8 Å². The highest BCUT2D eigenvalue weighted by molar-refractivity contribution is 5.82. The Kier molecular flexibility index (Phi) is 6.70. The number of ether oxygens (including phenoxy) is 1. The van der Waals surface area contributed by atoms with Gasteiger partial charge in [-0.2, -0.15) is 0 Å². The molecular formula is C10H20N2O3. The Bertz CT molecular complexity index is 219. The predicted molar refractivity (Wildman–Crippen MR) is 57.4 cm³/mol. The molecule has 5 heteroatoms. The molecule has 0 radical (unpaired) electrons. The Labute approximate surface area is 90.8 Å². The maximum absolute atomic E-state index is 11.5. The molecule has 0 rings (SSSR count). The first-order valence-corrected chi connectivity index (χ1v) is 5.15. The third-order valence-electron chi connectivity index (χ3n) is 2.24. The molecule has 0 fully saturated rings. The summed E-state index contributed by atoms with van der Waals surface area (Å²) in [4.78, 5) is 24.3. The van der Waals surface area contributed by atoms with E-state index in [0.717, 1.165) is 0 Å². The number of nitrogens with one attached hydrogen (secondary N) is 1. The molecule has 0 heterocycles. The van der Waals surface area contributed by atoms with Crippen LogP contribution in [0.5, 0.6) is 0 Å². The van der Waals surface area contributed by atoms with E-state index >= 15 is 0 Å². The van der Waals surface area contributed by atoms with Crippen molar-refractivity contribution < 1.29 is 14.3 Å². The van der Waals surface area contributed by atoms with Crippen LogP contribution in [0.2, 0.25) is 0 Å². The zero-order valence-electron chi connectivity index (χ0n) is 9.87. The van der Waals surface area contributed by atoms with Crippen molar-refractivity contribution in [2.75, 3.05) is 26.7 Å². The van der Waals surface area contributed by atoms with Gasteiger partial charge < -0.3 is 10.1 Å². The summed E-state index contributed by atoms with van der Waals surface area (Å²) in [5.41, 5.74) is 0. The average Bonchev–Trinajstić information content (AvgIpc) is 2.24. The standard InChI is InChI=1S/C10H20N2O3/c1-5-11-10(14)8(3)12(6-2)7-9(13)15-4/h8H,5-7H2,1-4H3,(H,11,14). The van der Waals surface area contributed by atoms with E-state index in [1.165, 1.54) is 7.11 Å². The topological polar surface area (TPSA) is 58.6 Å². The van der Waals surface area contributed by atoms with Gasteiger partial charge in [-0.1, -0.05) is 6.92 Å². The highest BCUT2D eigenvalue weighted by Crippen LogP contribution is 1.99. The minimum absolute atomic E-state index is 0.0664. The van der Waals surface area contributed by atoms with Crippen LogP contribution >= 0.6 is 0 Å². The smallest absolute Gasteiger partial charge is 0.319 e. The third-order valence-corrected chi connectivity index (χ3v) is 2.24. The van der Waals surface area contributed by atoms with Crippen molar-refractivity contribution in [3.63, 3.8) is 0 Å². The summed E-state index contributed by atoms with van der Waals surface area (Å²) >= 11 is 0. The van der Waals surface area contributed by atoms with Crippen LogP contribution in [0, 0.1) is 0 Å². The van der Waals surface area contributed by atoms with Crippen molar-refractivity contribution in [2.45, 2.75) is 26.8 Å². The fourth-order valence-corrected chi connectivity index (χ4v) is 1.24. The number of carbonyl (C=O) groups is 2. The van der Waals surface area contributed by atoms with Crippen LogP contribution in [0.4, 0.5) is 0 Å². The quantitative estimate of drug-likeness (QED) is 0.635. The van der Waals surface area contributed by atoms with E-state index in [2.05, 4.69) is 10.1 Å². The Balaban J connectivity index is 4.26. The van der Waals surface area contributed by atoms with E-state index < -0.39 is 0 Å². The van der Waals surface area contributed by atoms with Gasteiger partial charge in [-0.3, -0.25) is 14.5 Å². The summed E-state index contributed by atoms with van der Waals surface area (Å²) < 4.78 is 4.56. The van der Waals surface area contributed by atoms with E-state index in [1.807, 2.05) is 13.8 Å². The van der Waals surface area contributed by atoms with Crippen LogP contribution in [0.25, 0.3) is 0 Å². The predicted octanol–water partition coefficient (Wildman–Crippen LogP) is 0.00590. The summed E-state index contributed by atoms with van der Waals surface area (Å²) in [5, 5.41) is 2.72. The average molecular weight is 216 g/mol. The fourth-order valence-electron chi connectivity index (χ4n) is 1.24. The molecule has 1 atom stereocenters. The molecule has 0 saturated heterocycles. The Morgan fingerprint density at radius 2 is 2.00 bits per heavy atom. The number of rotatable bonds is 6. The Hall–Kier alpha value is -1.10. The van der Waals surface area contributed by atoms with Crippen molar-refractivity contribution in [3.05, 3.63) is 0 Å². The second-order valence-corrected chi connectivity index (χ2v) is 3.21. The van der Waals surface area contributed by atoms with Crippen LogP contribution in [-0.4, -0.2) is 49.6 Å². The maximum atomic E-state index is 11.5. The van der Waals surface area contributed by atoms with Gasteiger partial charge in [0, 0.05) is 6.54 Å². The van der Waals surface area contributed by atoms with Crippen LogP contribution in [0.3, 0.4) is 0 Å². The lowest BCUT2D eigenvalue weighted by atomic mass is 10.2. The van der Waals surface area contributed by atoms with Crippen molar-refractivity contribution in [2.24, 2.45) is 0 Å². The second kappa shape index (κ2) is 7.23. The van der Waals surface area contributed by atoms with Gasteiger partial charge >= 0.3 is 5.97 Å². The lowest BCUT2D eigenvalue weighted by Gasteiger charge is -2.25. The molecule has 0 aliphatic carbocycles. The van der Waals surface area contributed by atoms with Gasteiger partial charge in [0.1, 0.15) is 0 Å². The fraction of sp³-hybridized carbons (Fsp3) is 0.800. The van der Waals surface area contributed by atoms with Crippen LogP contribution in [0.15, 0.2) is 0 Å². The van der Waals surface area contributed by atoms with E-state index in [1.54, 1.807) is 11.8 Å². The van der Waals surface area contributed by atoms with Gasteiger partial charge in [-0.15, -0.1) is 0 Å². The lowest BCUT2D eigenvalue weighted by molar-refractivity contribution is -0.143. The van der Waals surface area contributed by atoms with Gasteiger partial charge in [-0.05, 0) is 20.4 Å². The normalized spacial score (nSPS) is 12.3. The summed E-state index contributed by atoms with van der Waals surface area (Å²) in [6.45, 7) is 6.91. The first-order valence-electron chi connectivity index (χ1n) is 5.15. The van der Waals surface area contributed by atoms with E-state index in [9.17, 15) is 9.59 Å². The molecule has 15 heavy (non-hydrogen) atoms. The van der Waals surface area contributed by atoms with Gasteiger partial charge in [0.2, 0.25) is 5.91 Å². The molecule has 0 aliphatic rings. The minimum Gasteiger partial charge on any atom is -0.468 e. The minimum atomic E-state index is -0.326.